The van der Waals surface area contributed by atoms with Crippen molar-refractivity contribution in [2.75, 3.05) is 0 Å². The van der Waals surface area contributed by atoms with Gasteiger partial charge in [-0.3, -0.25) is 0 Å². The number of unbranched alkanes of at least 4 members (excludes halogenated alkanes) is 6. The number of fused-ring (bicyclic) bond motifs is 2. The molecule has 264 valence electrons. The molecule has 2 aliphatic carbocycles. The van der Waals surface area contributed by atoms with Crippen LogP contribution in [-0.4, -0.2) is 6.94 Å². The van der Waals surface area contributed by atoms with Crippen LogP contribution in [0.2, 0.25) is 17.7 Å². The van der Waals surface area contributed by atoms with Crippen molar-refractivity contribution >= 4 is 19.1 Å². The van der Waals surface area contributed by atoms with Crippen LogP contribution in [0.25, 0.3) is 34.4 Å². The molecule has 2 unspecified atom stereocenters. The Bertz CT molecular complexity index is 1940. The molecule has 0 bridgehead atoms. The van der Waals surface area contributed by atoms with E-state index >= 15 is 0 Å². The Morgan fingerprint density at radius 2 is 0.900 bits per heavy atom. The number of benzene rings is 4. The second-order valence-electron chi connectivity index (χ2n) is 19.6. The molecule has 0 radical (unpaired) electrons. The van der Waals surface area contributed by atoms with E-state index in [0.29, 0.717) is 7.35 Å². The number of hydrogen-bond acceptors (Lipinski definition) is 0. The fourth-order valence-corrected chi connectivity index (χ4v) is 61.0. The summed E-state index contributed by atoms with van der Waals surface area (Å²) < 4.78 is 9.63. The van der Waals surface area contributed by atoms with Gasteiger partial charge in [-0.1, -0.05) is 0 Å². The summed E-state index contributed by atoms with van der Waals surface area (Å²) in [5.74, 6) is 0. The Morgan fingerprint density at radius 3 is 1.26 bits per heavy atom. The van der Waals surface area contributed by atoms with E-state index in [1.54, 1.807) is 11.1 Å². The van der Waals surface area contributed by atoms with Crippen LogP contribution in [0.3, 0.4) is 0 Å². The topological polar surface area (TPSA) is 0 Å². The fraction of sp³-hybridized carbons (Fsp3) is 0.417. The quantitative estimate of drug-likeness (QED) is 0.0876. The van der Waals surface area contributed by atoms with Crippen molar-refractivity contribution in [3.8, 4) is 22.3 Å². The van der Waals surface area contributed by atoms with Crippen molar-refractivity contribution in [1.29, 1.82) is 0 Å². The van der Waals surface area contributed by atoms with Gasteiger partial charge in [0.25, 0.3) is 0 Å². The minimum atomic E-state index is -5.18. The monoisotopic (exact) mass is 848 g/mol. The molecule has 6 rings (SSSR count). The van der Waals surface area contributed by atoms with E-state index in [0.717, 1.165) is 0 Å². The van der Waals surface area contributed by atoms with Crippen LogP contribution in [0.1, 0.15) is 117 Å². The maximum absolute atomic E-state index is 5.18. The zero-order valence-corrected chi connectivity index (χ0v) is 37.7. The van der Waals surface area contributed by atoms with Gasteiger partial charge in [0, 0.05) is 0 Å². The summed E-state index contributed by atoms with van der Waals surface area (Å²) in [5, 5.41) is 0. The second kappa shape index (κ2) is 12.8. The van der Waals surface area contributed by atoms with Crippen LogP contribution in [0.4, 0.5) is 0 Å². The molecule has 0 heterocycles. The number of rotatable bonds is 14. The average Bonchev–Trinajstić information content (AvgIpc) is 3.72. The van der Waals surface area contributed by atoms with Crippen LogP contribution in [-0.2, 0) is 14.2 Å². The fourth-order valence-electron chi connectivity index (χ4n) is 11.5. The van der Waals surface area contributed by atoms with Gasteiger partial charge >= 0.3 is 303 Å². The van der Waals surface area contributed by atoms with E-state index in [1.165, 1.54) is 115 Å². The molecule has 0 N–H and O–H groups in total. The van der Waals surface area contributed by atoms with Crippen molar-refractivity contribution in [1.82, 2.24) is 0 Å². The van der Waals surface area contributed by atoms with E-state index in [2.05, 4.69) is 155 Å². The predicted molar refractivity (Wildman–Crippen MR) is 224 cm³/mol. The molecule has 2 aliphatic rings. The molecule has 2 heteroatoms. The molecule has 0 saturated carbocycles. The van der Waals surface area contributed by atoms with E-state index < -0.39 is 14.2 Å². The Hall–Kier alpha value is -2.55. The van der Waals surface area contributed by atoms with E-state index in [-0.39, 0.29) is 0 Å². The molecule has 0 aromatic heterocycles. The standard InChI is InChI=1S/2C17H15.2C6H13.2CH3.Hf.H2Si/c2*1-12-9-13(2)11-15(10-12)17-8-4-6-14-5-3-7-16(14)17;2*1-3-5-6-4-2;;;;/h2*3-11H,1-2H3;2*1,3-6H2,2H3;2*1H3;;1H2. The summed E-state index contributed by atoms with van der Waals surface area (Å²) in [6, 6.07) is 28.8. The van der Waals surface area contributed by atoms with Gasteiger partial charge in [-0.15, -0.1) is 0 Å². The third-order valence-electron chi connectivity index (χ3n) is 14.2. The van der Waals surface area contributed by atoms with Gasteiger partial charge in [0.15, 0.2) is 0 Å². The summed E-state index contributed by atoms with van der Waals surface area (Å²) in [4.78, 5) is 0. The van der Waals surface area contributed by atoms with Crippen LogP contribution in [0.15, 0.2) is 84.9 Å². The Morgan fingerprint density at radius 1 is 0.520 bits per heavy atom. The molecule has 0 spiro atoms. The van der Waals surface area contributed by atoms with E-state index in [4.69, 9.17) is 0 Å². The maximum atomic E-state index is 2.99. The molecule has 0 aliphatic heterocycles. The Kier molecular flexibility index (Phi) is 9.55. The Labute approximate surface area is 301 Å². The third-order valence-corrected chi connectivity index (χ3v) is 70.8. The van der Waals surface area contributed by atoms with Gasteiger partial charge in [0.1, 0.15) is 0 Å². The summed E-state index contributed by atoms with van der Waals surface area (Å²) in [6.07, 6.45) is 21.2. The number of aryl methyl sites for hydroxylation is 4. The van der Waals surface area contributed by atoms with Gasteiger partial charge in [-0.25, -0.2) is 0 Å². The summed E-state index contributed by atoms with van der Waals surface area (Å²) >= 11 is -5.18. The second-order valence-corrected chi connectivity index (χ2v) is 96.6. The van der Waals surface area contributed by atoms with Crippen LogP contribution in [0.5, 0.6) is 0 Å². The first kappa shape index (κ1) is 37.2. The molecular weight excluding hydrogens is 783 g/mol. The van der Waals surface area contributed by atoms with Gasteiger partial charge in [0.05, 0.1) is 0 Å². The molecule has 0 amide bonds. The summed E-state index contributed by atoms with van der Waals surface area (Å²) in [5.41, 5.74) is 17.1. The van der Waals surface area contributed by atoms with Crippen LogP contribution in [0, 0.1) is 27.7 Å². The van der Waals surface area contributed by atoms with Crippen molar-refractivity contribution in [3.05, 3.63) is 129 Å². The first-order valence-electron chi connectivity index (χ1n) is 20.0. The van der Waals surface area contributed by atoms with Gasteiger partial charge < -0.3 is 0 Å². The molecule has 4 aromatic carbocycles. The van der Waals surface area contributed by atoms with E-state index in [1.807, 2.05) is 0 Å². The van der Waals surface area contributed by atoms with Crippen LogP contribution >= 0.6 is 0 Å². The van der Waals surface area contributed by atoms with Gasteiger partial charge in [-0.05, 0) is 0 Å². The molecule has 2 atom stereocenters. The average molecular weight is 848 g/mol. The molecule has 50 heavy (non-hydrogen) atoms. The predicted octanol–water partition coefficient (Wildman–Crippen LogP) is 14.5. The van der Waals surface area contributed by atoms with Gasteiger partial charge in [0.2, 0.25) is 0 Å². The molecule has 0 fully saturated rings. The van der Waals surface area contributed by atoms with E-state index in [9.17, 15) is 0 Å². The van der Waals surface area contributed by atoms with Crippen LogP contribution < -0.4 is 0 Å². The minimum absolute atomic E-state index is 0.451. The molecule has 0 nitrogen and oxygen atoms in total. The normalized spacial score (nSPS) is 18.7. The third kappa shape index (κ3) is 6.29. The first-order valence-corrected chi connectivity index (χ1v) is 44.7. The van der Waals surface area contributed by atoms with Crippen molar-refractivity contribution in [3.63, 3.8) is 0 Å². The summed E-state index contributed by atoms with van der Waals surface area (Å²) in [6.45, 7) is 16.3. The van der Waals surface area contributed by atoms with Crippen molar-refractivity contribution in [2.24, 2.45) is 0 Å². The zero-order valence-electron chi connectivity index (χ0n) is 32.7. The summed E-state index contributed by atoms with van der Waals surface area (Å²) in [7, 11) is 0. The molecule has 0 saturated heterocycles. The zero-order chi connectivity index (χ0) is 35.8. The van der Waals surface area contributed by atoms with Crippen molar-refractivity contribution in [2.45, 2.75) is 118 Å². The van der Waals surface area contributed by atoms with Gasteiger partial charge in [-0.2, -0.15) is 0 Å². The molecular formula is C48H64HfSi. The molecule has 4 aromatic rings. The number of hydrogen-bond donors (Lipinski definition) is 0. The number of allylic oxidation sites excluding steroid dienone is 2. The van der Waals surface area contributed by atoms with Crippen molar-refractivity contribution < 1.29 is 14.2 Å². The SMILES string of the molecule is CCCCC[CH2][Hf]([CH3])([CH3])(=[SiH2])([CH2]CCCCC)([CH]1C=Cc2c(-c3cc(C)cc(C)c3)cccc21)[CH]1C=Cc2c(-c3cc(C)cc(C)c3)cccc21. The first-order chi connectivity index (χ1) is 23.7. The Balaban J connectivity index is 1.62.